The van der Waals surface area contributed by atoms with Crippen molar-refractivity contribution in [2.45, 2.75) is 46.3 Å². The topological polar surface area (TPSA) is 46.9 Å². The van der Waals surface area contributed by atoms with E-state index < -0.39 is 0 Å². The first-order valence-electron chi connectivity index (χ1n) is 5.46. The number of ketones is 1. The number of nitrogens with one attached hydrogen (secondary N) is 1. The molecule has 0 fully saturated rings. The lowest BCUT2D eigenvalue weighted by molar-refractivity contribution is 0.0986. The van der Waals surface area contributed by atoms with E-state index in [0.29, 0.717) is 12.5 Å². The number of carbonyl (C=O) groups is 1. The molecular formula is C11H17N3O. The van der Waals surface area contributed by atoms with E-state index in [2.05, 4.69) is 17.3 Å². The van der Waals surface area contributed by atoms with Crippen LogP contribution < -0.4 is 5.32 Å². The second-order valence-electron chi connectivity index (χ2n) is 4.15. The summed E-state index contributed by atoms with van der Waals surface area (Å²) in [6, 6.07) is 0.432. The average Bonchev–Trinajstić information content (AvgIpc) is 2.52. The van der Waals surface area contributed by atoms with Gasteiger partial charge in [-0.25, -0.2) is 0 Å². The summed E-state index contributed by atoms with van der Waals surface area (Å²) in [4.78, 5) is 11.8. The standard InChI is InChI=1S/C11H17N3O/c1-4-10(15)11-8(3)13-14-6-7(2)12-5-9(11)14/h7,12H,4-6H2,1-3H3. The van der Waals surface area contributed by atoms with Crippen molar-refractivity contribution in [3.05, 3.63) is 17.0 Å². The van der Waals surface area contributed by atoms with Crippen LogP contribution in [-0.2, 0) is 13.1 Å². The summed E-state index contributed by atoms with van der Waals surface area (Å²) in [7, 11) is 0. The number of nitrogens with zero attached hydrogens (tertiary/aromatic N) is 2. The van der Waals surface area contributed by atoms with Crippen molar-refractivity contribution in [1.82, 2.24) is 15.1 Å². The van der Waals surface area contributed by atoms with Crippen molar-refractivity contribution in [2.24, 2.45) is 0 Å². The number of hydrogen-bond donors (Lipinski definition) is 1. The zero-order chi connectivity index (χ0) is 11.0. The van der Waals surface area contributed by atoms with Gasteiger partial charge in [0.15, 0.2) is 5.78 Å². The van der Waals surface area contributed by atoms with Crippen molar-refractivity contribution in [2.75, 3.05) is 0 Å². The van der Waals surface area contributed by atoms with Crippen molar-refractivity contribution in [3.8, 4) is 0 Å². The highest BCUT2D eigenvalue weighted by Crippen LogP contribution is 2.19. The largest absolute Gasteiger partial charge is 0.307 e. The molecule has 1 aromatic heterocycles. The van der Waals surface area contributed by atoms with Gasteiger partial charge in [-0.15, -0.1) is 0 Å². The molecule has 82 valence electrons. The monoisotopic (exact) mass is 207 g/mol. The summed E-state index contributed by atoms with van der Waals surface area (Å²) in [5.41, 5.74) is 2.75. The van der Waals surface area contributed by atoms with Crippen LogP contribution in [0.1, 0.15) is 42.0 Å². The molecule has 0 radical (unpaired) electrons. The van der Waals surface area contributed by atoms with E-state index in [4.69, 9.17) is 0 Å². The van der Waals surface area contributed by atoms with Crippen LogP contribution in [0.5, 0.6) is 0 Å². The summed E-state index contributed by atoms with van der Waals surface area (Å²) in [6.45, 7) is 7.54. The Bertz CT molecular complexity index is 395. The van der Waals surface area contributed by atoms with Crippen LogP contribution in [0.25, 0.3) is 0 Å². The van der Waals surface area contributed by atoms with Gasteiger partial charge < -0.3 is 5.32 Å². The third-order valence-electron chi connectivity index (χ3n) is 2.90. The van der Waals surface area contributed by atoms with E-state index in [9.17, 15) is 4.79 Å². The third-order valence-corrected chi connectivity index (χ3v) is 2.90. The summed E-state index contributed by atoms with van der Waals surface area (Å²) in [5.74, 6) is 0.199. The van der Waals surface area contributed by atoms with Gasteiger partial charge in [0.05, 0.1) is 23.5 Å². The summed E-state index contributed by atoms with van der Waals surface area (Å²) in [6.07, 6.45) is 0.551. The van der Waals surface area contributed by atoms with Gasteiger partial charge in [-0.3, -0.25) is 9.48 Å². The highest BCUT2D eigenvalue weighted by atomic mass is 16.1. The molecule has 0 aliphatic carbocycles. The molecule has 1 aliphatic rings. The molecule has 1 atom stereocenters. The van der Waals surface area contributed by atoms with E-state index in [1.807, 2.05) is 18.5 Å². The number of aryl methyl sites for hydroxylation is 1. The SMILES string of the molecule is CCC(=O)c1c(C)nn2c1CNC(C)C2. The van der Waals surface area contributed by atoms with Gasteiger partial charge in [0, 0.05) is 19.0 Å². The third kappa shape index (κ3) is 1.69. The predicted molar refractivity (Wildman–Crippen MR) is 57.9 cm³/mol. The smallest absolute Gasteiger partial charge is 0.166 e. The molecule has 1 aliphatic heterocycles. The maximum absolute atomic E-state index is 11.8. The fraction of sp³-hybridized carbons (Fsp3) is 0.636. The Hall–Kier alpha value is -1.16. The molecule has 0 amide bonds. The molecule has 2 heterocycles. The summed E-state index contributed by atoms with van der Waals surface area (Å²) >= 11 is 0. The van der Waals surface area contributed by atoms with Crippen LogP contribution in [0.4, 0.5) is 0 Å². The van der Waals surface area contributed by atoms with Gasteiger partial charge in [0.25, 0.3) is 0 Å². The number of rotatable bonds is 2. The van der Waals surface area contributed by atoms with Crippen LogP contribution in [0, 0.1) is 6.92 Å². The van der Waals surface area contributed by atoms with Crippen LogP contribution in [0.15, 0.2) is 0 Å². The Balaban J connectivity index is 2.44. The van der Waals surface area contributed by atoms with Gasteiger partial charge in [-0.05, 0) is 13.8 Å². The summed E-state index contributed by atoms with van der Waals surface area (Å²) < 4.78 is 1.97. The van der Waals surface area contributed by atoms with Crippen LogP contribution in [0.3, 0.4) is 0 Å². The molecule has 0 saturated heterocycles. The molecule has 2 rings (SSSR count). The molecule has 1 aromatic rings. The maximum Gasteiger partial charge on any atom is 0.166 e. The lowest BCUT2D eigenvalue weighted by atomic mass is 10.1. The molecular weight excluding hydrogens is 190 g/mol. The molecule has 1 unspecified atom stereocenters. The second kappa shape index (κ2) is 3.77. The van der Waals surface area contributed by atoms with E-state index in [-0.39, 0.29) is 5.78 Å². The van der Waals surface area contributed by atoms with Crippen LogP contribution >= 0.6 is 0 Å². The minimum absolute atomic E-state index is 0.199. The average molecular weight is 207 g/mol. The van der Waals surface area contributed by atoms with Crippen molar-refractivity contribution in [3.63, 3.8) is 0 Å². The van der Waals surface area contributed by atoms with Gasteiger partial charge in [0.2, 0.25) is 0 Å². The Labute approximate surface area is 89.7 Å². The molecule has 1 N–H and O–H groups in total. The van der Waals surface area contributed by atoms with E-state index in [0.717, 1.165) is 30.0 Å². The first-order chi connectivity index (χ1) is 7.13. The Morgan fingerprint density at radius 3 is 3.07 bits per heavy atom. The zero-order valence-electron chi connectivity index (χ0n) is 9.50. The van der Waals surface area contributed by atoms with Gasteiger partial charge in [0.1, 0.15) is 0 Å². The lowest BCUT2D eigenvalue weighted by Crippen LogP contribution is -2.37. The fourth-order valence-corrected chi connectivity index (χ4v) is 2.09. The highest BCUT2D eigenvalue weighted by molar-refractivity contribution is 5.98. The highest BCUT2D eigenvalue weighted by Gasteiger charge is 2.23. The van der Waals surface area contributed by atoms with Gasteiger partial charge in [-0.2, -0.15) is 5.10 Å². The van der Waals surface area contributed by atoms with E-state index in [1.165, 1.54) is 0 Å². The minimum Gasteiger partial charge on any atom is -0.307 e. The van der Waals surface area contributed by atoms with E-state index >= 15 is 0 Å². The normalized spacial score (nSPS) is 20.1. The number of carbonyl (C=O) groups excluding carboxylic acids is 1. The molecule has 4 nitrogen and oxygen atoms in total. The first-order valence-corrected chi connectivity index (χ1v) is 5.46. The Morgan fingerprint density at radius 1 is 1.67 bits per heavy atom. The van der Waals surface area contributed by atoms with Crippen molar-refractivity contribution < 1.29 is 4.79 Å². The Morgan fingerprint density at radius 2 is 2.40 bits per heavy atom. The van der Waals surface area contributed by atoms with Gasteiger partial charge >= 0.3 is 0 Å². The zero-order valence-corrected chi connectivity index (χ0v) is 9.50. The fourth-order valence-electron chi connectivity index (χ4n) is 2.09. The number of fused-ring (bicyclic) bond motifs is 1. The Kier molecular flexibility index (Phi) is 2.61. The molecule has 15 heavy (non-hydrogen) atoms. The van der Waals surface area contributed by atoms with Crippen molar-refractivity contribution in [1.29, 1.82) is 0 Å². The molecule has 4 heteroatoms. The molecule has 0 saturated carbocycles. The van der Waals surface area contributed by atoms with Crippen LogP contribution in [0.2, 0.25) is 0 Å². The molecule has 0 bridgehead atoms. The van der Waals surface area contributed by atoms with E-state index in [1.54, 1.807) is 0 Å². The number of hydrogen-bond acceptors (Lipinski definition) is 3. The maximum atomic E-state index is 11.8. The number of aromatic nitrogens is 2. The minimum atomic E-state index is 0.199. The van der Waals surface area contributed by atoms with Gasteiger partial charge in [-0.1, -0.05) is 6.92 Å². The quantitative estimate of drug-likeness (QED) is 0.743. The predicted octanol–water partition coefficient (Wildman–Crippen LogP) is 1.28. The van der Waals surface area contributed by atoms with Crippen LogP contribution in [-0.4, -0.2) is 21.6 Å². The second-order valence-corrected chi connectivity index (χ2v) is 4.15. The molecule has 0 aromatic carbocycles. The van der Waals surface area contributed by atoms with Crippen molar-refractivity contribution >= 4 is 5.78 Å². The lowest BCUT2D eigenvalue weighted by Gasteiger charge is -2.22. The first kappa shape index (κ1) is 10.4. The number of Topliss-reactive ketones (excluding diaryl/α,β-unsaturated/α-hetero) is 1. The molecule has 0 spiro atoms. The summed E-state index contributed by atoms with van der Waals surface area (Å²) in [5, 5.41) is 7.78.